The molecule has 86 valence electrons. The molecule has 0 aliphatic rings. The van der Waals surface area contributed by atoms with Crippen LogP contribution in [0.3, 0.4) is 0 Å². The van der Waals surface area contributed by atoms with Crippen molar-refractivity contribution in [2.45, 2.75) is 33.6 Å². The lowest BCUT2D eigenvalue weighted by molar-refractivity contribution is 0.252. The molecule has 1 atom stereocenters. The van der Waals surface area contributed by atoms with E-state index in [1.54, 1.807) is 0 Å². The van der Waals surface area contributed by atoms with Crippen LogP contribution in [0.15, 0.2) is 12.3 Å². The summed E-state index contributed by atoms with van der Waals surface area (Å²) in [5, 5.41) is 5.27. The summed E-state index contributed by atoms with van der Waals surface area (Å²) in [5.74, 6) is 0.715. The Hall–Kier alpha value is -0.310. The van der Waals surface area contributed by atoms with Crippen LogP contribution < -0.4 is 0 Å². The van der Waals surface area contributed by atoms with Crippen molar-refractivity contribution in [3.8, 4) is 0 Å². The highest BCUT2D eigenvalue weighted by atomic mass is 79.9. The molecule has 0 aliphatic heterocycles. The van der Waals surface area contributed by atoms with E-state index in [9.17, 15) is 0 Å². The minimum Gasteiger partial charge on any atom is -0.273 e. The number of aryl methyl sites for hydroxylation is 2. The van der Waals surface area contributed by atoms with E-state index in [1.807, 2.05) is 17.9 Å². The molecular weight excluding hydrogens is 252 g/mol. The van der Waals surface area contributed by atoms with Crippen molar-refractivity contribution < 1.29 is 0 Å². The van der Waals surface area contributed by atoms with Gasteiger partial charge in [0.25, 0.3) is 0 Å². The molecular formula is C12H21BrN2. The molecule has 0 radical (unpaired) electrons. The first-order valence-electron chi connectivity index (χ1n) is 5.48. The van der Waals surface area contributed by atoms with Crippen LogP contribution >= 0.6 is 15.9 Å². The third-order valence-electron chi connectivity index (χ3n) is 3.08. The van der Waals surface area contributed by atoms with Crippen molar-refractivity contribution in [1.82, 2.24) is 9.78 Å². The van der Waals surface area contributed by atoms with Gasteiger partial charge in [-0.25, -0.2) is 0 Å². The van der Waals surface area contributed by atoms with Crippen LogP contribution in [-0.4, -0.2) is 15.1 Å². The summed E-state index contributed by atoms with van der Waals surface area (Å²) < 4.78 is 1.97. The number of nitrogens with zero attached hydrogens (tertiary/aromatic N) is 2. The number of hydrogen-bond acceptors (Lipinski definition) is 1. The van der Waals surface area contributed by atoms with E-state index in [0.29, 0.717) is 11.3 Å². The lowest BCUT2D eigenvalue weighted by atomic mass is 9.79. The fourth-order valence-electron chi connectivity index (χ4n) is 1.71. The second-order valence-corrected chi connectivity index (χ2v) is 5.85. The Morgan fingerprint density at radius 1 is 1.47 bits per heavy atom. The molecule has 15 heavy (non-hydrogen) atoms. The zero-order valence-electron chi connectivity index (χ0n) is 10.1. The second kappa shape index (κ2) is 5.15. The van der Waals surface area contributed by atoms with Crippen molar-refractivity contribution in [2.75, 3.05) is 5.33 Å². The number of rotatable bonds is 4. The van der Waals surface area contributed by atoms with Crippen LogP contribution in [0.25, 0.3) is 0 Å². The molecule has 0 amide bonds. The zero-order chi connectivity index (χ0) is 11.5. The van der Waals surface area contributed by atoms with Gasteiger partial charge in [0.05, 0.1) is 0 Å². The SMILES string of the molecule is Cn1nccc1CCC(CBr)C(C)(C)C. The summed E-state index contributed by atoms with van der Waals surface area (Å²) in [7, 11) is 2.01. The molecule has 1 aromatic heterocycles. The van der Waals surface area contributed by atoms with Gasteiger partial charge >= 0.3 is 0 Å². The summed E-state index contributed by atoms with van der Waals surface area (Å²) in [6.07, 6.45) is 4.20. The van der Waals surface area contributed by atoms with Gasteiger partial charge in [0.1, 0.15) is 0 Å². The van der Waals surface area contributed by atoms with Gasteiger partial charge in [0.15, 0.2) is 0 Å². The third-order valence-corrected chi connectivity index (χ3v) is 3.86. The fraction of sp³-hybridized carbons (Fsp3) is 0.750. The number of alkyl halides is 1. The Balaban J connectivity index is 2.52. The fourth-order valence-corrected chi connectivity index (χ4v) is 3.01. The highest BCUT2D eigenvalue weighted by molar-refractivity contribution is 9.09. The molecule has 2 nitrogen and oxygen atoms in total. The van der Waals surface area contributed by atoms with Gasteiger partial charge in [0, 0.05) is 24.3 Å². The van der Waals surface area contributed by atoms with E-state index >= 15 is 0 Å². The maximum Gasteiger partial charge on any atom is 0.0492 e. The second-order valence-electron chi connectivity index (χ2n) is 5.20. The standard InChI is InChI=1S/C12H21BrN2/c1-12(2,3)10(9-13)5-6-11-7-8-14-15(11)4/h7-8,10H,5-6,9H2,1-4H3. The summed E-state index contributed by atoms with van der Waals surface area (Å²) in [6.45, 7) is 6.92. The largest absolute Gasteiger partial charge is 0.273 e. The Kier molecular flexibility index (Phi) is 4.38. The summed E-state index contributed by atoms with van der Waals surface area (Å²) in [6, 6.07) is 2.11. The monoisotopic (exact) mass is 272 g/mol. The first kappa shape index (κ1) is 12.8. The van der Waals surface area contributed by atoms with E-state index in [0.717, 1.165) is 11.8 Å². The van der Waals surface area contributed by atoms with E-state index in [4.69, 9.17) is 0 Å². The molecule has 0 bridgehead atoms. The molecule has 1 rings (SSSR count). The van der Waals surface area contributed by atoms with Gasteiger partial charge in [-0.15, -0.1) is 0 Å². The summed E-state index contributed by atoms with van der Waals surface area (Å²) in [4.78, 5) is 0. The lowest BCUT2D eigenvalue weighted by Crippen LogP contribution is -2.22. The smallest absolute Gasteiger partial charge is 0.0492 e. The molecule has 0 fully saturated rings. The zero-order valence-corrected chi connectivity index (χ0v) is 11.7. The normalized spacial score (nSPS) is 14.2. The highest BCUT2D eigenvalue weighted by Gasteiger charge is 2.23. The van der Waals surface area contributed by atoms with Crippen LogP contribution in [-0.2, 0) is 13.5 Å². The molecule has 3 heteroatoms. The van der Waals surface area contributed by atoms with Crippen LogP contribution in [0.1, 0.15) is 32.9 Å². The van der Waals surface area contributed by atoms with Crippen molar-refractivity contribution in [2.24, 2.45) is 18.4 Å². The highest BCUT2D eigenvalue weighted by Crippen LogP contribution is 2.31. The average Bonchev–Trinajstić information content (AvgIpc) is 2.50. The maximum absolute atomic E-state index is 4.19. The van der Waals surface area contributed by atoms with Crippen LogP contribution in [0.4, 0.5) is 0 Å². The Morgan fingerprint density at radius 3 is 2.53 bits per heavy atom. The van der Waals surface area contributed by atoms with E-state index in [-0.39, 0.29) is 0 Å². The van der Waals surface area contributed by atoms with Crippen molar-refractivity contribution in [1.29, 1.82) is 0 Å². The topological polar surface area (TPSA) is 17.8 Å². The Morgan fingerprint density at radius 2 is 2.13 bits per heavy atom. The van der Waals surface area contributed by atoms with E-state index in [2.05, 4.69) is 47.9 Å². The lowest BCUT2D eigenvalue weighted by Gasteiger charge is -2.29. The van der Waals surface area contributed by atoms with Gasteiger partial charge in [-0.3, -0.25) is 4.68 Å². The van der Waals surface area contributed by atoms with E-state index in [1.165, 1.54) is 12.1 Å². The van der Waals surface area contributed by atoms with Gasteiger partial charge in [-0.2, -0.15) is 5.10 Å². The quantitative estimate of drug-likeness (QED) is 0.769. The molecule has 0 saturated heterocycles. The minimum absolute atomic E-state index is 0.377. The predicted molar refractivity (Wildman–Crippen MR) is 68.3 cm³/mol. The molecule has 1 heterocycles. The number of hydrogen-bond donors (Lipinski definition) is 0. The van der Waals surface area contributed by atoms with Gasteiger partial charge in [-0.05, 0) is 30.2 Å². The minimum atomic E-state index is 0.377. The van der Waals surface area contributed by atoms with Crippen molar-refractivity contribution in [3.63, 3.8) is 0 Å². The molecule has 0 spiro atoms. The molecule has 0 aliphatic carbocycles. The van der Waals surface area contributed by atoms with Gasteiger partial charge < -0.3 is 0 Å². The van der Waals surface area contributed by atoms with E-state index < -0.39 is 0 Å². The number of halogens is 1. The molecule has 0 N–H and O–H groups in total. The summed E-state index contributed by atoms with van der Waals surface area (Å²) in [5.41, 5.74) is 1.70. The Bertz CT molecular complexity index is 299. The maximum atomic E-state index is 4.19. The predicted octanol–water partition coefficient (Wildman–Crippen LogP) is 3.41. The van der Waals surface area contributed by atoms with Crippen molar-refractivity contribution in [3.05, 3.63) is 18.0 Å². The number of aromatic nitrogens is 2. The molecule has 1 unspecified atom stereocenters. The molecule has 0 saturated carbocycles. The van der Waals surface area contributed by atoms with Crippen LogP contribution in [0.2, 0.25) is 0 Å². The Labute approximate surface area is 101 Å². The van der Waals surface area contributed by atoms with Crippen LogP contribution in [0, 0.1) is 11.3 Å². The van der Waals surface area contributed by atoms with Crippen LogP contribution in [0.5, 0.6) is 0 Å². The molecule has 1 aromatic rings. The molecule has 0 aromatic carbocycles. The van der Waals surface area contributed by atoms with Gasteiger partial charge in [-0.1, -0.05) is 36.7 Å². The first-order valence-corrected chi connectivity index (χ1v) is 6.60. The van der Waals surface area contributed by atoms with Gasteiger partial charge in [0.2, 0.25) is 0 Å². The average molecular weight is 273 g/mol. The summed E-state index contributed by atoms with van der Waals surface area (Å²) >= 11 is 3.61. The third kappa shape index (κ3) is 3.63. The first-order chi connectivity index (χ1) is 6.95. The van der Waals surface area contributed by atoms with Crippen molar-refractivity contribution >= 4 is 15.9 Å².